The molecular formula is C25H28O2. The highest BCUT2D eigenvalue weighted by atomic mass is 16.7. The van der Waals surface area contributed by atoms with Crippen molar-refractivity contribution in [2.24, 2.45) is 0 Å². The Hall–Kier alpha value is -3.00. The predicted octanol–water partition coefficient (Wildman–Crippen LogP) is 6.77. The van der Waals surface area contributed by atoms with Gasteiger partial charge in [0.1, 0.15) is 5.75 Å². The summed E-state index contributed by atoms with van der Waals surface area (Å²) in [4.78, 5) is 0. The normalized spacial score (nSPS) is 9.67. The molecule has 0 aliphatic heterocycles. The van der Waals surface area contributed by atoms with Gasteiger partial charge >= 0.3 is 0 Å². The van der Waals surface area contributed by atoms with E-state index in [4.69, 9.17) is 9.47 Å². The van der Waals surface area contributed by atoms with Crippen LogP contribution in [0.25, 0.3) is 5.57 Å². The number of ether oxygens (including phenoxy) is 2. The summed E-state index contributed by atoms with van der Waals surface area (Å²) in [5, 5.41) is 0. The van der Waals surface area contributed by atoms with Gasteiger partial charge < -0.3 is 9.47 Å². The smallest absolute Gasteiger partial charge is 0.293 e. The van der Waals surface area contributed by atoms with E-state index in [1.807, 2.05) is 68.4 Å². The fourth-order valence-electron chi connectivity index (χ4n) is 2.86. The first-order chi connectivity index (χ1) is 13.2. The van der Waals surface area contributed by atoms with Crippen LogP contribution in [-0.4, -0.2) is 7.11 Å². The second-order valence-electron chi connectivity index (χ2n) is 5.91. The maximum absolute atomic E-state index is 6.10. The highest BCUT2D eigenvalue weighted by Crippen LogP contribution is 2.32. The average molecular weight is 360 g/mol. The molecule has 27 heavy (non-hydrogen) atoms. The number of rotatable bonds is 5. The molecule has 0 unspecified atom stereocenters. The average Bonchev–Trinajstić information content (AvgIpc) is 2.72. The Morgan fingerprint density at radius 2 is 1.07 bits per heavy atom. The van der Waals surface area contributed by atoms with Crippen LogP contribution in [0.5, 0.6) is 5.75 Å². The molecule has 140 valence electrons. The van der Waals surface area contributed by atoms with Crippen LogP contribution in [0.15, 0.2) is 84.8 Å². The molecule has 0 saturated carbocycles. The lowest BCUT2D eigenvalue weighted by molar-refractivity contribution is 0.154. The highest BCUT2D eigenvalue weighted by molar-refractivity contribution is 5.83. The van der Waals surface area contributed by atoms with Gasteiger partial charge in [0.25, 0.3) is 5.95 Å². The first-order valence-electron chi connectivity index (χ1n) is 9.34. The van der Waals surface area contributed by atoms with Crippen LogP contribution in [0.1, 0.15) is 36.1 Å². The van der Waals surface area contributed by atoms with Crippen LogP contribution in [0.2, 0.25) is 0 Å². The Morgan fingerprint density at radius 3 is 1.52 bits per heavy atom. The van der Waals surface area contributed by atoms with E-state index in [2.05, 4.69) is 38.1 Å². The van der Waals surface area contributed by atoms with E-state index in [9.17, 15) is 0 Å². The van der Waals surface area contributed by atoms with E-state index >= 15 is 0 Å². The molecule has 2 nitrogen and oxygen atoms in total. The molecule has 0 N–H and O–H groups in total. The zero-order valence-corrected chi connectivity index (χ0v) is 16.8. The van der Waals surface area contributed by atoms with Crippen LogP contribution in [-0.2, 0) is 4.74 Å². The number of aryl methyl sites for hydroxylation is 2. The van der Waals surface area contributed by atoms with Gasteiger partial charge in [0.05, 0.1) is 12.7 Å². The van der Waals surface area contributed by atoms with Gasteiger partial charge in [0.15, 0.2) is 0 Å². The zero-order chi connectivity index (χ0) is 19.6. The molecule has 0 saturated heterocycles. The molecule has 0 heterocycles. The standard InChI is InChI=1S/C23H22O2.C2H6/c1-17-11-7-9-15-20(17)22(21-16-10-8-12-18(21)2)23(24-3)25-19-13-5-4-6-14-19;1-2/h4-16H,1-3H3;1-2H3. The Morgan fingerprint density at radius 1 is 0.630 bits per heavy atom. The van der Waals surface area contributed by atoms with Crippen molar-refractivity contribution in [3.63, 3.8) is 0 Å². The fourth-order valence-corrected chi connectivity index (χ4v) is 2.86. The van der Waals surface area contributed by atoms with E-state index in [0.29, 0.717) is 5.95 Å². The molecule has 0 fully saturated rings. The number of para-hydroxylation sites is 1. The third-order valence-electron chi connectivity index (χ3n) is 4.17. The summed E-state index contributed by atoms with van der Waals surface area (Å²) in [6, 6.07) is 26.3. The van der Waals surface area contributed by atoms with Gasteiger partial charge in [-0.25, -0.2) is 0 Å². The quantitative estimate of drug-likeness (QED) is 0.467. The first kappa shape index (κ1) is 20.3. The van der Waals surface area contributed by atoms with E-state index < -0.39 is 0 Å². The Balaban J connectivity index is 0.00000126. The second-order valence-corrected chi connectivity index (χ2v) is 5.91. The summed E-state index contributed by atoms with van der Waals surface area (Å²) >= 11 is 0. The van der Waals surface area contributed by atoms with E-state index in [1.165, 1.54) is 11.1 Å². The van der Waals surface area contributed by atoms with Crippen molar-refractivity contribution in [2.75, 3.05) is 7.11 Å². The molecular weight excluding hydrogens is 332 g/mol. The van der Waals surface area contributed by atoms with Crippen LogP contribution in [0.3, 0.4) is 0 Å². The Kier molecular flexibility index (Phi) is 7.69. The minimum absolute atomic E-state index is 0.495. The van der Waals surface area contributed by atoms with Gasteiger partial charge in [-0.15, -0.1) is 0 Å². The van der Waals surface area contributed by atoms with Crippen LogP contribution < -0.4 is 4.74 Å². The third-order valence-corrected chi connectivity index (χ3v) is 4.17. The van der Waals surface area contributed by atoms with Crippen molar-refractivity contribution >= 4 is 5.57 Å². The minimum Gasteiger partial charge on any atom is -0.468 e. The minimum atomic E-state index is 0.495. The topological polar surface area (TPSA) is 18.5 Å². The molecule has 0 atom stereocenters. The SMILES string of the molecule is CC.COC(Oc1ccccc1)=C(c1ccccc1C)c1ccccc1C. The maximum Gasteiger partial charge on any atom is 0.293 e. The van der Waals surface area contributed by atoms with Crippen molar-refractivity contribution < 1.29 is 9.47 Å². The molecule has 0 aromatic heterocycles. The third kappa shape index (κ3) is 5.01. The highest BCUT2D eigenvalue weighted by Gasteiger charge is 2.18. The van der Waals surface area contributed by atoms with Gasteiger partial charge in [-0.3, -0.25) is 0 Å². The lowest BCUT2D eigenvalue weighted by atomic mass is 9.92. The summed E-state index contributed by atoms with van der Waals surface area (Å²) < 4.78 is 11.8. The molecule has 3 aromatic rings. The molecule has 3 rings (SSSR count). The van der Waals surface area contributed by atoms with E-state index in [-0.39, 0.29) is 0 Å². The number of methoxy groups -OCH3 is 1. The monoisotopic (exact) mass is 360 g/mol. The predicted molar refractivity (Wildman–Crippen MR) is 114 cm³/mol. The Labute approximate surface area is 163 Å². The molecule has 0 bridgehead atoms. The van der Waals surface area contributed by atoms with Crippen LogP contribution in [0, 0.1) is 13.8 Å². The second kappa shape index (κ2) is 10.2. The van der Waals surface area contributed by atoms with Gasteiger partial charge in [-0.1, -0.05) is 80.6 Å². The summed E-state index contributed by atoms with van der Waals surface area (Å²) in [6.45, 7) is 8.20. The summed E-state index contributed by atoms with van der Waals surface area (Å²) in [5.41, 5.74) is 5.51. The molecule has 3 aromatic carbocycles. The largest absolute Gasteiger partial charge is 0.468 e. The van der Waals surface area contributed by atoms with Crippen molar-refractivity contribution in [3.05, 3.63) is 107 Å². The molecule has 0 aliphatic carbocycles. The lowest BCUT2D eigenvalue weighted by Gasteiger charge is -2.18. The fraction of sp³-hybridized carbons (Fsp3) is 0.200. The number of hydrogen-bond acceptors (Lipinski definition) is 2. The van der Waals surface area contributed by atoms with Crippen LogP contribution >= 0.6 is 0 Å². The Bertz CT molecular complexity index is 832. The summed E-state index contributed by atoms with van der Waals surface area (Å²) in [7, 11) is 1.65. The first-order valence-corrected chi connectivity index (χ1v) is 9.34. The van der Waals surface area contributed by atoms with Gasteiger partial charge in [-0.2, -0.15) is 0 Å². The van der Waals surface area contributed by atoms with Crippen molar-refractivity contribution in [2.45, 2.75) is 27.7 Å². The summed E-state index contributed by atoms with van der Waals surface area (Å²) in [6.07, 6.45) is 0. The van der Waals surface area contributed by atoms with Crippen molar-refractivity contribution in [1.82, 2.24) is 0 Å². The molecule has 0 aliphatic rings. The van der Waals surface area contributed by atoms with E-state index in [1.54, 1.807) is 7.11 Å². The summed E-state index contributed by atoms with van der Waals surface area (Å²) in [5.74, 6) is 1.24. The molecule has 0 radical (unpaired) electrons. The molecule has 2 heteroatoms. The van der Waals surface area contributed by atoms with Gasteiger partial charge in [-0.05, 0) is 48.2 Å². The number of hydrogen-bond donors (Lipinski definition) is 0. The maximum atomic E-state index is 6.10. The van der Waals surface area contributed by atoms with E-state index in [0.717, 1.165) is 22.4 Å². The van der Waals surface area contributed by atoms with Gasteiger partial charge in [0.2, 0.25) is 0 Å². The van der Waals surface area contributed by atoms with Crippen molar-refractivity contribution in [3.8, 4) is 5.75 Å². The zero-order valence-electron chi connectivity index (χ0n) is 16.8. The molecule has 0 spiro atoms. The number of benzene rings is 3. The van der Waals surface area contributed by atoms with Crippen LogP contribution in [0.4, 0.5) is 0 Å². The van der Waals surface area contributed by atoms with Gasteiger partial charge in [0, 0.05) is 0 Å². The lowest BCUT2D eigenvalue weighted by Crippen LogP contribution is -2.06. The van der Waals surface area contributed by atoms with Crippen molar-refractivity contribution in [1.29, 1.82) is 0 Å². The molecule has 0 amide bonds.